The Morgan fingerprint density at radius 1 is 1.00 bits per heavy atom. The van der Waals surface area contributed by atoms with Gasteiger partial charge < -0.3 is 5.48 Å². The van der Waals surface area contributed by atoms with Gasteiger partial charge >= 0.3 is 44.2 Å². The Bertz CT molecular complexity index is 44.9. The summed E-state index contributed by atoms with van der Waals surface area (Å²) in [5.41, 5.74) is 0. The van der Waals surface area contributed by atoms with Gasteiger partial charge in [0, 0.05) is 0 Å². The molecule has 10 N–H and O–H groups in total. The normalized spacial score (nSPS) is 16.4. The zero-order chi connectivity index (χ0) is 5.45. The van der Waals surface area contributed by atoms with Crippen LogP contribution in [0.25, 0.3) is 0 Å². The molecule has 0 rings (SSSR count). The van der Waals surface area contributed by atoms with Crippen molar-refractivity contribution in [3.05, 3.63) is 0 Å². The Labute approximate surface area is 49.9 Å². The minimum atomic E-state index is -3.52. The van der Waals surface area contributed by atoms with Crippen LogP contribution >= 0.6 is 13.4 Å². The number of hydrogen-bond acceptors (Lipinski definition) is 4. The van der Waals surface area contributed by atoms with Gasteiger partial charge in [-0.25, -0.2) is 0 Å². The first-order valence-corrected chi connectivity index (χ1v) is 7.99. The molecular weight excluding hydrogens is 258 g/mol. The average molecular weight is 268 g/mol. The topological polar surface area (TPSA) is 136 Å². The van der Waals surface area contributed by atoms with Gasteiger partial charge in [0.25, 0.3) is 0 Å². The van der Waals surface area contributed by atoms with Gasteiger partial charge in [-0.1, -0.05) is 0 Å². The standard InChI is InChI=1S/BrH.4H2N.H2O.Pd/h1H;5*1H2;/q;4*-1;;+5/p-1. The molecule has 0 aliphatic carbocycles. The Morgan fingerprint density at radius 2 is 1.00 bits per heavy atom. The second kappa shape index (κ2) is 2.05. The first-order valence-electron chi connectivity index (χ1n) is 0.850. The predicted octanol–water partition coefficient (Wildman–Crippen LogP) is -2.34. The summed E-state index contributed by atoms with van der Waals surface area (Å²) in [6.45, 7) is 0. The van der Waals surface area contributed by atoms with E-state index < -0.39 is 13.3 Å². The van der Waals surface area contributed by atoms with Crippen LogP contribution in [0, 0.1) is 0 Å². The van der Waals surface area contributed by atoms with Crippen LogP contribution in [-0.2, 0) is 13.3 Å². The fourth-order valence-electron chi connectivity index (χ4n) is 0. The van der Waals surface area contributed by atoms with Crippen LogP contribution in [0.1, 0.15) is 0 Å². The van der Waals surface area contributed by atoms with E-state index in [9.17, 15) is 0 Å². The van der Waals surface area contributed by atoms with Crippen LogP contribution in [0.4, 0.5) is 0 Å². The summed E-state index contributed by atoms with van der Waals surface area (Å²) in [6, 6.07) is 0. The van der Waals surface area contributed by atoms with Gasteiger partial charge in [0.2, 0.25) is 0 Å². The molecule has 0 spiro atoms. The van der Waals surface area contributed by atoms with Gasteiger partial charge in [0.05, 0.1) is 0 Å². The van der Waals surface area contributed by atoms with E-state index in [1.165, 1.54) is 0 Å². The van der Waals surface area contributed by atoms with Crippen molar-refractivity contribution in [1.29, 1.82) is 0 Å². The molecule has 0 aromatic rings. The molecule has 0 heterocycles. The molecule has 0 amide bonds. The Balaban J connectivity index is 0. The van der Waals surface area contributed by atoms with E-state index in [4.69, 9.17) is 17.5 Å². The molecule has 7 heavy (non-hydrogen) atoms. The van der Waals surface area contributed by atoms with Crippen molar-refractivity contribution in [2.45, 2.75) is 0 Å². The second-order valence-corrected chi connectivity index (χ2v) is 12.2. The molecule has 0 bridgehead atoms. The maximum absolute atomic E-state index is 5.01. The predicted molar refractivity (Wildman–Crippen MR) is 29.3 cm³/mol. The molecule has 0 atom stereocenters. The summed E-state index contributed by atoms with van der Waals surface area (Å²) in [4.78, 5) is 0. The Morgan fingerprint density at radius 3 is 1.00 bits per heavy atom. The van der Waals surface area contributed by atoms with E-state index in [-0.39, 0.29) is 5.48 Å². The van der Waals surface area contributed by atoms with Crippen molar-refractivity contribution in [3.63, 3.8) is 0 Å². The molecular formula is H10BrN4OPd. The first-order chi connectivity index (χ1) is 2.24. The summed E-state index contributed by atoms with van der Waals surface area (Å²) in [7, 11) is 0. The van der Waals surface area contributed by atoms with Gasteiger partial charge in [0.1, 0.15) is 0 Å². The zero-order valence-corrected chi connectivity index (χ0v) is 6.64. The molecule has 0 radical (unpaired) electrons. The second-order valence-electron chi connectivity index (χ2n) is 0.908. The van der Waals surface area contributed by atoms with Crippen molar-refractivity contribution in [3.8, 4) is 0 Å². The third kappa shape index (κ3) is 191. The van der Waals surface area contributed by atoms with E-state index >= 15 is 0 Å². The molecule has 0 aromatic heterocycles. The summed E-state index contributed by atoms with van der Waals surface area (Å²) >= 11 is -0.766. The number of hydrogen-bond donors (Lipinski definition) is 4. The van der Waals surface area contributed by atoms with E-state index in [0.717, 1.165) is 0 Å². The molecule has 0 aliphatic rings. The van der Waals surface area contributed by atoms with Crippen LogP contribution in [0.2, 0.25) is 0 Å². The van der Waals surface area contributed by atoms with Crippen LogP contribution in [-0.4, -0.2) is 5.48 Å². The Kier molecular flexibility index (Phi) is 3.17. The molecule has 53 valence electrons. The van der Waals surface area contributed by atoms with Crippen LogP contribution in [0.5, 0.6) is 0 Å². The summed E-state index contributed by atoms with van der Waals surface area (Å²) in [5, 5.41) is 0. The van der Waals surface area contributed by atoms with E-state index in [1.807, 2.05) is 0 Å². The summed E-state index contributed by atoms with van der Waals surface area (Å²) in [6.07, 6.45) is 0. The van der Waals surface area contributed by atoms with Gasteiger partial charge in [0.15, 0.2) is 0 Å². The van der Waals surface area contributed by atoms with Gasteiger partial charge in [-0.15, -0.1) is 0 Å². The van der Waals surface area contributed by atoms with Crippen molar-refractivity contribution < 1.29 is 18.8 Å². The van der Waals surface area contributed by atoms with Gasteiger partial charge in [-0.2, -0.15) is 0 Å². The fourth-order valence-corrected chi connectivity index (χ4v) is 0. The minimum absolute atomic E-state index is 0. The Hall–Kier alpha value is 0.942. The van der Waals surface area contributed by atoms with Crippen molar-refractivity contribution in [2.24, 2.45) is 17.5 Å². The first kappa shape index (κ1) is 10.8. The fraction of sp³-hybridized carbons (Fsp3) is 0. The maximum atomic E-state index is 5.01. The molecule has 5 nitrogen and oxygen atoms in total. The van der Waals surface area contributed by atoms with Crippen molar-refractivity contribution in [1.82, 2.24) is 0 Å². The number of rotatable bonds is 0. The van der Waals surface area contributed by atoms with Crippen molar-refractivity contribution >= 4 is 13.4 Å². The molecule has 0 fully saturated rings. The van der Waals surface area contributed by atoms with Crippen LogP contribution in [0.15, 0.2) is 0 Å². The molecule has 0 aliphatic heterocycles. The average Bonchev–Trinajstić information content (AvgIpc) is 0.650. The quantitative estimate of drug-likeness (QED) is 0.366. The van der Waals surface area contributed by atoms with E-state index in [0.29, 0.717) is 0 Å². The SMILES string of the molecule is O.[NH2][Pd]([NH2])([NH2])([NH2])[Br]. The van der Waals surface area contributed by atoms with E-state index in [1.54, 1.807) is 0 Å². The monoisotopic (exact) mass is 267 g/mol. The third-order valence-electron chi connectivity index (χ3n) is 0. The van der Waals surface area contributed by atoms with E-state index in [2.05, 4.69) is 13.4 Å². The number of halogens is 1. The van der Waals surface area contributed by atoms with Gasteiger partial charge in [-0.3, -0.25) is 0 Å². The zero-order valence-electron chi connectivity index (χ0n) is 3.50. The summed E-state index contributed by atoms with van der Waals surface area (Å²) in [5.74, 6) is 0. The van der Waals surface area contributed by atoms with Crippen molar-refractivity contribution in [2.75, 3.05) is 0 Å². The van der Waals surface area contributed by atoms with Crippen LogP contribution in [0.3, 0.4) is 0 Å². The third-order valence-corrected chi connectivity index (χ3v) is 0. The molecule has 7 heteroatoms. The summed E-state index contributed by atoms with van der Waals surface area (Å²) < 4.78 is 20.0. The van der Waals surface area contributed by atoms with Gasteiger partial charge in [-0.05, 0) is 0 Å². The molecule has 0 aromatic carbocycles. The number of nitrogens with two attached hydrogens (primary N) is 4. The molecule has 0 saturated carbocycles. The van der Waals surface area contributed by atoms with Crippen LogP contribution < -0.4 is 17.5 Å². The molecule has 0 unspecified atom stereocenters. The molecule has 0 saturated heterocycles.